The van der Waals surface area contributed by atoms with E-state index in [9.17, 15) is 4.79 Å². The number of aliphatic hydroxyl groups is 1. The summed E-state index contributed by atoms with van der Waals surface area (Å²) in [5, 5.41) is 16.5. The van der Waals surface area contributed by atoms with Crippen LogP contribution in [-0.4, -0.2) is 51.6 Å². The van der Waals surface area contributed by atoms with E-state index >= 15 is 0 Å². The lowest BCUT2D eigenvalue weighted by molar-refractivity contribution is 0.188. The number of halogens is 1. The summed E-state index contributed by atoms with van der Waals surface area (Å²) < 4.78 is 1.77. The molecule has 2 atom stereocenters. The summed E-state index contributed by atoms with van der Waals surface area (Å²) in [4.78, 5) is 14.7. The molecule has 0 bridgehead atoms. The van der Waals surface area contributed by atoms with Gasteiger partial charge >= 0.3 is 0 Å². The standard InChI is InChI=1S/C14H21BrN4O2/c15-13-12(9-16-19(6-7-20)14(13)21)17-10-3-5-18-4-1-2-11(18)8-10/h9-11,17,20H,1-8H2. The SMILES string of the molecule is O=c1c(Br)c(NC2CCN3CCCC3C2)cnn1CCO. The number of fused-ring (bicyclic) bond motifs is 1. The molecule has 116 valence electrons. The molecule has 1 aromatic heterocycles. The molecule has 2 unspecified atom stereocenters. The second-order valence-corrected chi connectivity index (χ2v) is 6.61. The van der Waals surface area contributed by atoms with Gasteiger partial charge in [-0.15, -0.1) is 0 Å². The predicted octanol–water partition coefficient (Wildman–Crippen LogP) is 1.04. The molecule has 2 saturated heterocycles. The highest BCUT2D eigenvalue weighted by atomic mass is 79.9. The first-order valence-electron chi connectivity index (χ1n) is 7.56. The molecule has 0 aromatic carbocycles. The number of nitrogens with one attached hydrogen (secondary N) is 1. The average Bonchev–Trinajstić information content (AvgIpc) is 2.94. The smallest absolute Gasteiger partial charge is 0.283 e. The number of hydrogen-bond donors (Lipinski definition) is 2. The highest BCUT2D eigenvalue weighted by Gasteiger charge is 2.31. The maximum absolute atomic E-state index is 12.1. The number of piperidine rings is 1. The van der Waals surface area contributed by atoms with E-state index < -0.39 is 0 Å². The summed E-state index contributed by atoms with van der Waals surface area (Å²) in [6.45, 7) is 2.50. The number of hydrogen-bond acceptors (Lipinski definition) is 5. The topological polar surface area (TPSA) is 70.4 Å². The maximum atomic E-state index is 12.1. The van der Waals surface area contributed by atoms with Crippen molar-refractivity contribution in [2.75, 3.05) is 25.0 Å². The van der Waals surface area contributed by atoms with E-state index in [0.29, 0.717) is 16.6 Å². The van der Waals surface area contributed by atoms with Gasteiger partial charge in [0.1, 0.15) is 4.47 Å². The van der Waals surface area contributed by atoms with E-state index in [1.807, 2.05) is 0 Å². The van der Waals surface area contributed by atoms with E-state index in [0.717, 1.165) is 25.1 Å². The Morgan fingerprint density at radius 3 is 3.10 bits per heavy atom. The van der Waals surface area contributed by atoms with Crippen LogP contribution in [0.1, 0.15) is 25.7 Å². The third-order valence-electron chi connectivity index (χ3n) is 4.48. The van der Waals surface area contributed by atoms with Gasteiger partial charge in [-0.2, -0.15) is 5.10 Å². The van der Waals surface area contributed by atoms with Gasteiger partial charge in [-0.3, -0.25) is 4.79 Å². The molecule has 6 nitrogen and oxygen atoms in total. The van der Waals surface area contributed by atoms with Gasteiger partial charge in [0.25, 0.3) is 5.56 Å². The van der Waals surface area contributed by atoms with Crippen LogP contribution < -0.4 is 10.9 Å². The lowest BCUT2D eigenvalue weighted by Gasteiger charge is -2.35. The van der Waals surface area contributed by atoms with Gasteiger partial charge < -0.3 is 15.3 Å². The van der Waals surface area contributed by atoms with Gasteiger partial charge in [0.2, 0.25) is 0 Å². The lowest BCUT2D eigenvalue weighted by Crippen LogP contribution is -2.43. The van der Waals surface area contributed by atoms with E-state index in [4.69, 9.17) is 5.11 Å². The fourth-order valence-electron chi connectivity index (χ4n) is 3.40. The first-order chi connectivity index (χ1) is 10.2. The van der Waals surface area contributed by atoms with Crippen LogP contribution in [0.15, 0.2) is 15.5 Å². The van der Waals surface area contributed by atoms with Crippen LogP contribution in [0.2, 0.25) is 0 Å². The minimum absolute atomic E-state index is 0.0910. The van der Waals surface area contributed by atoms with E-state index in [2.05, 4.69) is 31.2 Å². The first kappa shape index (κ1) is 15.0. The number of rotatable bonds is 4. The molecular weight excluding hydrogens is 336 g/mol. The van der Waals surface area contributed by atoms with Crippen molar-refractivity contribution in [1.29, 1.82) is 0 Å². The minimum Gasteiger partial charge on any atom is -0.394 e. The molecule has 21 heavy (non-hydrogen) atoms. The third-order valence-corrected chi connectivity index (χ3v) is 5.24. The Balaban J connectivity index is 1.70. The zero-order valence-electron chi connectivity index (χ0n) is 12.0. The Kier molecular flexibility index (Phi) is 4.61. The van der Waals surface area contributed by atoms with Crippen molar-refractivity contribution in [1.82, 2.24) is 14.7 Å². The monoisotopic (exact) mass is 356 g/mol. The van der Waals surface area contributed by atoms with Crippen LogP contribution in [0.3, 0.4) is 0 Å². The second-order valence-electron chi connectivity index (χ2n) is 5.82. The lowest BCUT2D eigenvalue weighted by atomic mass is 9.97. The molecule has 0 aliphatic carbocycles. The second kappa shape index (κ2) is 6.46. The largest absolute Gasteiger partial charge is 0.394 e. The van der Waals surface area contributed by atoms with Gasteiger partial charge in [0.05, 0.1) is 25.0 Å². The summed E-state index contributed by atoms with van der Waals surface area (Å²) >= 11 is 3.36. The molecule has 2 aliphatic heterocycles. The average molecular weight is 357 g/mol. The molecule has 0 amide bonds. The Hall–Kier alpha value is -0.920. The minimum atomic E-state index is -0.202. The third kappa shape index (κ3) is 3.14. The van der Waals surface area contributed by atoms with Crippen molar-refractivity contribution < 1.29 is 5.11 Å². The summed E-state index contributed by atoms with van der Waals surface area (Å²) in [6, 6.07) is 1.09. The summed E-state index contributed by atoms with van der Waals surface area (Å²) in [5.41, 5.74) is 0.554. The van der Waals surface area contributed by atoms with Crippen LogP contribution in [-0.2, 0) is 6.54 Å². The van der Waals surface area contributed by atoms with Gasteiger partial charge in [-0.05, 0) is 48.2 Å². The van der Waals surface area contributed by atoms with E-state index in [1.165, 1.54) is 24.1 Å². The number of nitrogens with zero attached hydrogens (tertiary/aromatic N) is 3. The summed E-state index contributed by atoms with van der Waals surface area (Å²) in [7, 11) is 0. The van der Waals surface area contributed by atoms with Crippen LogP contribution in [0.4, 0.5) is 5.69 Å². The molecule has 0 radical (unpaired) electrons. The van der Waals surface area contributed by atoms with Crippen molar-refractivity contribution in [3.63, 3.8) is 0 Å². The highest BCUT2D eigenvalue weighted by Crippen LogP contribution is 2.29. The number of aliphatic hydroxyl groups excluding tert-OH is 1. The molecule has 3 rings (SSSR count). The van der Waals surface area contributed by atoms with Gasteiger partial charge in [0.15, 0.2) is 0 Å². The van der Waals surface area contributed by atoms with Crippen molar-refractivity contribution in [2.24, 2.45) is 0 Å². The molecule has 2 N–H and O–H groups in total. The molecule has 1 aromatic rings. The fraction of sp³-hybridized carbons (Fsp3) is 0.714. The van der Waals surface area contributed by atoms with E-state index in [-0.39, 0.29) is 18.7 Å². The molecule has 0 saturated carbocycles. The van der Waals surface area contributed by atoms with Crippen molar-refractivity contribution in [2.45, 2.75) is 44.3 Å². The Morgan fingerprint density at radius 2 is 2.29 bits per heavy atom. The zero-order valence-corrected chi connectivity index (χ0v) is 13.5. The van der Waals surface area contributed by atoms with Crippen LogP contribution in [0, 0.1) is 0 Å². The van der Waals surface area contributed by atoms with Gasteiger partial charge in [0, 0.05) is 18.6 Å². The van der Waals surface area contributed by atoms with E-state index in [1.54, 1.807) is 6.20 Å². The van der Waals surface area contributed by atoms with Crippen molar-refractivity contribution >= 4 is 21.6 Å². The molecule has 0 spiro atoms. The molecule has 3 heterocycles. The molecule has 2 fully saturated rings. The maximum Gasteiger partial charge on any atom is 0.283 e. The van der Waals surface area contributed by atoms with Crippen LogP contribution in [0.5, 0.6) is 0 Å². The van der Waals surface area contributed by atoms with Crippen LogP contribution in [0.25, 0.3) is 0 Å². The molecule has 2 aliphatic rings. The number of anilines is 1. The summed E-state index contributed by atoms with van der Waals surface area (Å²) in [5.74, 6) is 0. The predicted molar refractivity (Wildman–Crippen MR) is 84.5 cm³/mol. The van der Waals surface area contributed by atoms with Crippen molar-refractivity contribution in [3.8, 4) is 0 Å². The quantitative estimate of drug-likeness (QED) is 0.843. The number of aromatic nitrogens is 2. The van der Waals surface area contributed by atoms with Crippen LogP contribution >= 0.6 is 15.9 Å². The molecular formula is C14H21BrN4O2. The summed E-state index contributed by atoms with van der Waals surface area (Å²) in [6.07, 6.45) is 6.49. The first-order valence-corrected chi connectivity index (χ1v) is 8.35. The molecule has 7 heteroatoms. The van der Waals surface area contributed by atoms with Gasteiger partial charge in [-0.25, -0.2) is 4.68 Å². The zero-order chi connectivity index (χ0) is 14.8. The Bertz CT molecular complexity index is 562. The Labute approximate surface area is 132 Å². The highest BCUT2D eigenvalue weighted by molar-refractivity contribution is 9.10. The normalized spacial score (nSPS) is 25.8. The fourth-order valence-corrected chi connectivity index (χ4v) is 3.82. The van der Waals surface area contributed by atoms with Gasteiger partial charge in [-0.1, -0.05) is 0 Å². The van der Waals surface area contributed by atoms with Crippen molar-refractivity contribution in [3.05, 3.63) is 21.0 Å². The Morgan fingerprint density at radius 1 is 1.43 bits per heavy atom.